The van der Waals surface area contributed by atoms with Crippen molar-refractivity contribution >= 4 is 10.8 Å². The van der Waals surface area contributed by atoms with Crippen molar-refractivity contribution in [1.82, 2.24) is 0 Å². The Labute approximate surface area is 138 Å². The molecule has 3 aromatic carbocycles. The van der Waals surface area contributed by atoms with E-state index in [4.69, 9.17) is 0 Å². The SMILES string of the molecule is Oc1ccc2cc(-c3cc(C(F)(F)F)cc(C(F)(F)F)c3)ccc2c1. The molecule has 0 bridgehead atoms. The quantitative estimate of drug-likeness (QED) is 0.511. The molecule has 0 aliphatic carbocycles. The normalized spacial score (nSPS) is 12.6. The van der Waals surface area contributed by atoms with Crippen LogP contribution in [0.15, 0.2) is 54.6 Å². The van der Waals surface area contributed by atoms with Crippen molar-refractivity contribution in [3.63, 3.8) is 0 Å². The first-order valence-corrected chi connectivity index (χ1v) is 7.07. The van der Waals surface area contributed by atoms with Crippen LogP contribution >= 0.6 is 0 Å². The van der Waals surface area contributed by atoms with Gasteiger partial charge in [-0.2, -0.15) is 26.3 Å². The van der Waals surface area contributed by atoms with E-state index in [1.807, 2.05) is 0 Å². The minimum atomic E-state index is -4.89. The molecular formula is C18H10F6O. The lowest BCUT2D eigenvalue weighted by molar-refractivity contribution is -0.143. The Balaban J connectivity index is 2.20. The Hall–Kier alpha value is -2.70. The minimum absolute atomic E-state index is 0.0127. The van der Waals surface area contributed by atoms with E-state index in [2.05, 4.69) is 0 Å². The highest BCUT2D eigenvalue weighted by Crippen LogP contribution is 2.39. The molecular weight excluding hydrogens is 346 g/mol. The maximum Gasteiger partial charge on any atom is 0.416 e. The molecule has 0 saturated heterocycles. The van der Waals surface area contributed by atoms with Crippen molar-refractivity contribution in [2.24, 2.45) is 0 Å². The van der Waals surface area contributed by atoms with Gasteiger partial charge in [0.25, 0.3) is 0 Å². The molecule has 1 N–H and O–H groups in total. The highest BCUT2D eigenvalue weighted by molar-refractivity contribution is 5.88. The van der Waals surface area contributed by atoms with Gasteiger partial charge in [-0.3, -0.25) is 0 Å². The highest BCUT2D eigenvalue weighted by atomic mass is 19.4. The predicted molar refractivity (Wildman–Crippen MR) is 81.1 cm³/mol. The summed E-state index contributed by atoms with van der Waals surface area (Å²) >= 11 is 0. The van der Waals surface area contributed by atoms with Crippen LogP contribution in [-0.4, -0.2) is 5.11 Å². The van der Waals surface area contributed by atoms with Gasteiger partial charge in [0.05, 0.1) is 11.1 Å². The first-order valence-electron chi connectivity index (χ1n) is 7.07. The number of benzene rings is 3. The number of aromatic hydroxyl groups is 1. The molecule has 0 atom stereocenters. The van der Waals surface area contributed by atoms with Crippen LogP contribution in [-0.2, 0) is 12.4 Å². The van der Waals surface area contributed by atoms with E-state index in [1.54, 1.807) is 0 Å². The van der Waals surface area contributed by atoms with Crippen LogP contribution in [0.2, 0.25) is 0 Å². The Bertz CT molecular complexity index is 908. The fourth-order valence-corrected chi connectivity index (χ4v) is 2.53. The molecule has 0 heterocycles. The summed E-state index contributed by atoms with van der Waals surface area (Å²) < 4.78 is 77.7. The predicted octanol–water partition coefficient (Wildman–Crippen LogP) is 6.25. The van der Waals surface area contributed by atoms with Crippen molar-refractivity contribution in [2.75, 3.05) is 0 Å². The zero-order valence-corrected chi connectivity index (χ0v) is 12.4. The van der Waals surface area contributed by atoms with Gasteiger partial charge in [0, 0.05) is 0 Å². The van der Waals surface area contributed by atoms with Gasteiger partial charge in [0.15, 0.2) is 0 Å². The first kappa shape index (κ1) is 17.1. The van der Waals surface area contributed by atoms with Crippen LogP contribution in [0.25, 0.3) is 21.9 Å². The van der Waals surface area contributed by atoms with Gasteiger partial charge >= 0.3 is 12.4 Å². The number of phenolic OH excluding ortho intramolecular Hbond substituents is 1. The summed E-state index contributed by atoms with van der Waals surface area (Å²) in [6.45, 7) is 0. The molecule has 0 spiro atoms. The molecule has 0 aromatic heterocycles. The molecule has 3 rings (SSSR count). The number of alkyl halides is 6. The van der Waals surface area contributed by atoms with E-state index >= 15 is 0 Å². The van der Waals surface area contributed by atoms with Crippen LogP contribution in [0.3, 0.4) is 0 Å². The average Bonchev–Trinajstić information content (AvgIpc) is 2.52. The second-order valence-corrected chi connectivity index (χ2v) is 5.54. The van der Waals surface area contributed by atoms with E-state index in [0.29, 0.717) is 22.9 Å². The van der Waals surface area contributed by atoms with E-state index in [1.165, 1.54) is 36.4 Å². The molecule has 0 aliphatic rings. The molecule has 7 heteroatoms. The number of hydrogen-bond donors (Lipinski definition) is 1. The van der Waals surface area contributed by atoms with Gasteiger partial charge in [-0.1, -0.05) is 18.2 Å². The van der Waals surface area contributed by atoms with Crippen molar-refractivity contribution in [2.45, 2.75) is 12.4 Å². The molecule has 0 aliphatic heterocycles. The van der Waals surface area contributed by atoms with Crippen molar-refractivity contribution in [3.8, 4) is 16.9 Å². The number of hydrogen-bond acceptors (Lipinski definition) is 1. The molecule has 0 fully saturated rings. The molecule has 130 valence electrons. The molecule has 0 unspecified atom stereocenters. The number of rotatable bonds is 1. The lowest BCUT2D eigenvalue weighted by atomic mass is 9.97. The van der Waals surface area contributed by atoms with Crippen molar-refractivity contribution in [1.29, 1.82) is 0 Å². The lowest BCUT2D eigenvalue weighted by Gasteiger charge is -2.14. The van der Waals surface area contributed by atoms with E-state index in [0.717, 1.165) is 0 Å². The van der Waals surface area contributed by atoms with Crippen LogP contribution in [0.1, 0.15) is 11.1 Å². The molecule has 0 saturated carbocycles. The fourth-order valence-electron chi connectivity index (χ4n) is 2.53. The Morgan fingerprint density at radius 3 is 1.64 bits per heavy atom. The standard InChI is InChI=1S/C18H10F6O/c19-17(20,21)14-6-13(7-15(9-14)18(22,23)24)11-1-2-12-8-16(25)4-3-10(12)5-11/h1-9,25H. The summed E-state index contributed by atoms with van der Waals surface area (Å²) in [7, 11) is 0. The van der Waals surface area contributed by atoms with E-state index < -0.39 is 23.5 Å². The second-order valence-electron chi connectivity index (χ2n) is 5.54. The third-order valence-corrected chi connectivity index (χ3v) is 3.74. The second kappa shape index (κ2) is 5.68. The van der Waals surface area contributed by atoms with Gasteiger partial charge < -0.3 is 5.11 Å². The van der Waals surface area contributed by atoms with Gasteiger partial charge in [-0.25, -0.2) is 0 Å². The largest absolute Gasteiger partial charge is 0.508 e. The topological polar surface area (TPSA) is 20.2 Å². The Kier molecular flexibility index (Phi) is 3.89. The maximum atomic E-state index is 13.0. The van der Waals surface area contributed by atoms with Gasteiger partial charge in [0.2, 0.25) is 0 Å². The van der Waals surface area contributed by atoms with Crippen LogP contribution in [0, 0.1) is 0 Å². The summed E-state index contributed by atoms with van der Waals surface area (Å²) in [5.74, 6) is 0.0127. The smallest absolute Gasteiger partial charge is 0.416 e. The van der Waals surface area contributed by atoms with Gasteiger partial charge in [-0.15, -0.1) is 0 Å². The maximum absolute atomic E-state index is 13.0. The van der Waals surface area contributed by atoms with Crippen molar-refractivity contribution < 1.29 is 31.4 Å². The minimum Gasteiger partial charge on any atom is -0.508 e. The molecule has 0 radical (unpaired) electrons. The fraction of sp³-hybridized carbons (Fsp3) is 0.111. The number of phenols is 1. The third kappa shape index (κ3) is 3.55. The summed E-state index contributed by atoms with van der Waals surface area (Å²) in [5.41, 5.74) is -2.68. The Morgan fingerprint density at radius 2 is 1.08 bits per heavy atom. The van der Waals surface area contributed by atoms with E-state index in [-0.39, 0.29) is 22.9 Å². The number of halogens is 6. The Morgan fingerprint density at radius 1 is 0.560 bits per heavy atom. The van der Waals surface area contributed by atoms with Crippen LogP contribution in [0.4, 0.5) is 26.3 Å². The third-order valence-electron chi connectivity index (χ3n) is 3.74. The van der Waals surface area contributed by atoms with Crippen LogP contribution in [0.5, 0.6) is 5.75 Å². The van der Waals surface area contributed by atoms with Gasteiger partial charge in [-0.05, 0) is 58.3 Å². The highest BCUT2D eigenvalue weighted by Gasteiger charge is 2.37. The van der Waals surface area contributed by atoms with Gasteiger partial charge in [0.1, 0.15) is 5.75 Å². The molecule has 3 aromatic rings. The molecule has 25 heavy (non-hydrogen) atoms. The average molecular weight is 356 g/mol. The summed E-state index contributed by atoms with van der Waals surface area (Å²) in [6, 6.07) is 10.3. The van der Waals surface area contributed by atoms with E-state index in [9.17, 15) is 31.4 Å². The van der Waals surface area contributed by atoms with Crippen molar-refractivity contribution in [3.05, 3.63) is 65.7 Å². The lowest BCUT2D eigenvalue weighted by Crippen LogP contribution is -2.11. The monoisotopic (exact) mass is 356 g/mol. The summed E-state index contributed by atoms with van der Waals surface area (Å²) in [5, 5.41) is 10.6. The molecule has 0 amide bonds. The first-order chi connectivity index (χ1) is 11.5. The summed E-state index contributed by atoms with van der Waals surface area (Å²) in [4.78, 5) is 0. The number of fused-ring (bicyclic) bond motifs is 1. The zero-order valence-electron chi connectivity index (χ0n) is 12.4. The summed E-state index contributed by atoms with van der Waals surface area (Å²) in [6.07, 6.45) is -9.78. The zero-order chi connectivity index (χ0) is 18.4. The van der Waals surface area contributed by atoms with Crippen LogP contribution < -0.4 is 0 Å². The molecule has 1 nitrogen and oxygen atoms in total.